The lowest BCUT2D eigenvalue weighted by molar-refractivity contribution is -0.384. The molecule has 0 aliphatic heterocycles. The number of ether oxygens (including phenoxy) is 1. The van der Waals surface area contributed by atoms with Gasteiger partial charge in [0.2, 0.25) is 0 Å². The second kappa shape index (κ2) is 6.83. The highest BCUT2D eigenvalue weighted by atomic mass is 35.5. The Morgan fingerprint density at radius 1 is 1.24 bits per heavy atom. The lowest BCUT2D eigenvalue weighted by atomic mass is 10.3. The number of aromatic nitrogens is 1. The van der Waals surface area contributed by atoms with Crippen LogP contribution in [0.15, 0.2) is 41.2 Å². The first-order chi connectivity index (χ1) is 11.9. The molecule has 0 radical (unpaired) electrons. The third-order valence-corrected chi connectivity index (χ3v) is 4.82. The van der Waals surface area contributed by atoms with E-state index in [1.807, 2.05) is 0 Å². The molecule has 3 aromatic rings. The van der Waals surface area contributed by atoms with Crippen LogP contribution >= 0.6 is 34.5 Å². The Hall–Kier alpha value is -2.42. The molecule has 2 aromatic carbocycles. The van der Waals surface area contributed by atoms with Crippen LogP contribution < -0.4 is 9.61 Å². The van der Waals surface area contributed by atoms with Crippen molar-refractivity contribution in [2.24, 2.45) is 0 Å². The molecule has 128 valence electrons. The summed E-state index contributed by atoms with van der Waals surface area (Å²) in [5.74, 6) is -0.689. The molecule has 1 aromatic heterocycles. The van der Waals surface area contributed by atoms with Gasteiger partial charge in [0.15, 0.2) is 0 Å². The van der Waals surface area contributed by atoms with Gasteiger partial charge in [-0.15, -0.1) is 0 Å². The number of para-hydroxylation sites is 1. The molecule has 10 heteroatoms. The van der Waals surface area contributed by atoms with Crippen molar-refractivity contribution in [3.63, 3.8) is 0 Å². The monoisotopic (exact) mass is 398 g/mol. The van der Waals surface area contributed by atoms with Crippen LogP contribution in [0.25, 0.3) is 10.2 Å². The number of halogens is 2. The lowest BCUT2D eigenvalue weighted by Crippen LogP contribution is -2.22. The summed E-state index contributed by atoms with van der Waals surface area (Å²) in [5.41, 5.74) is 0.158. The Morgan fingerprint density at radius 3 is 2.68 bits per heavy atom. The molecular weight excluding hydrogens is 391 g/mol. The highest BCUT2D eigenvalue weighted by Gasteiger charge is 2.17. The molecule has 0 fully saturated rings. The van der Waals surface area contributed by atoms with E-state index in [0.717, 1.165) is 17.4 Å². The number of carbonyl (C=O) groups is 1. The van der Waals surface area contributed by atoms with Crippen molar-refractivity contribution >= 4 is 56.4 Å². The van der Waals surface area contributed by atoms with Crippen molar-refractivity contribution in [2.45, 2.75) is 6.54 Å². The summed E-state index contributed by atoms with van der Waals surface area (Å²) < 4.78 is 6.98. The number of nitro groups is 1. The summed E-state index contributed by atoms with van der Waals surface area (Å²) in [7, 11) is 0. The first kappa shape index (κ1) is 17.4. The minimum Gasteiger partial charge on any atom is -0.425 e. The number of hydrogen-bond donors (Lipinski definition) is 0. The van der Waals surface area contributed by atoms with E-state index in [9.17, 15) is 19.7 Å². The smallest absolute Gasteiger partial charge is 0.331 e. The summed E-state index contributed by atoms with van der Waals surface area (Å²) in [6.45, 7) is -0.350. The van der Waals surface area contributed by atoms with Gasteiger partial charge in [-0.25, -0.2) is 4.79 Å². The van der Waals surface area contributed by atoms with Crippen LogP contribution in [-0.2, 0) is 11.3 Å². The molecule has 0 aliphatic rings. The summed E-state index contributed by atoms with van der Waals surface area (Å²) >= 11 is 12.8. The zero-order chi connectivity index (χ0) is 18.1. The molecule has 25 heavy (non-hydrogen) atoms. The maximum Gasteiger partial charge on any atom is 0.331 e. The van der Waals surface area contributed by atoms with Gasteiger partial charge in [0.25, 0.3) is 5.69 Å². The van der Waals surface area contributed by atoms with E-state index in [-0.39, 0.29) is 27.9 Å². The van der Waals surface area contributed by atoms with Crippen molar-refractivity contribution in [1.29, 1.82) is 0 Å². The molecule has 0 atom stereocenters. The van der Waals surface area contributed by atoms with Crippen LogP contribution in [0.1, 0.15) is 0 Å². The summed E-state index contributed by atoms with van der Waals surface area (Å²) in [4.78, 5) is 33.9. The molecular formula is C15H8Cl2N2O5S. The topological polar surface area (TPSA) is 91.4 Å². The third-order valence-electron chi connectivity index (χ3n) is 3.27. The van der Waals surface area contributed by atoms with Crippen molar-refractivity contribution in [2.75, 3.05) is 0 Å². The fourth-order valence-corrected chi connectivity index (χ4v) is 3.71. The number of benzene rings is 2. The van der Waals surface area contributed by atoms with Crippen LogP contribution in [0.5, 0.6) is 5.75 Å². The molecule has 1 heterocycles. The standard InChI is InChI=1S/C15H8Cl2N2O5S/c16-9-2-1-3-12-14(9)18(15(21)25-12)7-13(20)24-8-4-5-11(19(22)23)10(17)6-8/h1-6H,7H2. The molecule has 0 aliphatic carbocycles. The third kappa shape index (κ3) is 3.51. The first-order valence-corrected chi connectivity index (χ1v) is 8.36. The minimum absolute atomic E-state index is 0.0410. The molecule has 0 spiro atoms. The van der Waals surface area contributed by atoms with Gasteiger partial charge in [0.1, 0.15) is 17.3 Å². The summed E-state index contributed by atoms with van der Waals surface area (Å²) in [6.07, 6.45) is 0. The van der Waals surface area contributed by atoms with Gasteiger partial charge in [-0.1, -0.05) is 40.6 Å². The van der Waals surface area contributed by atoms with E-state index in [2.05, 4.69) is 0 Å². The number of thiazole rings is 1. The van der Waals surface area contributed by atoms with Crippen molar-refractivity contribution in [3.05, 3.63) is 66.2 Å². The number of hydrogen-bond acceptors (Lipinski definition) is 6. The van der Waals surface area contributed by atoms with Gasteiger partial charge >= 0.3 is 10.8 Å². The summed E-state index contributed by atoms with van der Waals surface area (Å²) in [5, 5.41) is 10.9. The second-order valence-corrected chi connectivity index (χ2v) is 6.69. The van der Waals surface area contributed by atoms with Crippen LogP contribution in [0.3, 0.4) is 0 Å². The molecule has 0 unspecified atom stereocenters. The number of esters is 1. The van der Waals surface area contributed by atoms with Crippen molar-refractivity contribution in [3.8, 4) is 5.75 Å². The van der Waals surface area contributed by atoms with E-state index in [0.29, 0.717) is 15.2 Å². The van der Waals surface area contributed by atoms with Crippen LogP contribution in [-0.4, -0.2) is 15.5 Å². The maximum atomic E-state index is 12.1. The Labute approximate surface area is 154 Å². The van der Waals surface area contributed by atoms with Gasteiger partial charge < -0.3 is 4.74 Å². The molecule has 0 saturated carbocycles. The van der Waals surface area contributed by atoms with Crippen molar-refractivity contribution < 1.29 is 14.5 Å². The fraction of sp³-hybridized carbons (Fsp3) is 0.0667. The maximum absolute atomic E-state index is 12.1. The molecule has 7 nitrogen and oxygen atoms in total. The van der Waals surface area contributed by atoms with E-state index in [1.165, 1.54) is 16.7 Å². The highest BCUT2D eigenvalue weighted by Crippen LogP contribution is 2.29. The number of fused-ring (bicyclic) bond motifs is 1. The van der Waals surface area contributed by atoms with Crippen LogP contribution in [0.4, 0.5) is 5.69 Å². The Bertz CT molecular complexity index is 1060. The van der Waals surface area contributed by atoms with Gasteiger partial charge in [0.05, 0.1) is 20.2 Å². The SMILES string of the molecule is O=C(Cn1c(=O)sc2cccc(Cl)c21)Oc1ccc([N+](=O)[O-])c(Cl)c1. The second-order valence-electron chi connectivity index (χ2n) is 4.89. The quantitative estimate of drug-likeness (QED) is 0.287. The fourth-order valence-electron chi connectivity index (χ4n) is 2.22. The van der Waals surface area contributed by atoms with Gasteiger partial charge in [-0.05, 0) is 18.2 Å². The van der Waals surface area contributed by atoms with Crippen LogP contribution in [0.2, 0.25) is 10.0 Å². The van der Waals surface area contributed by atoms with E-state index >= 15 is 0 Å². The predicted octanol–water partition coefficient (Wildman–Crippen LogP) is 3.88. The zero-order valence-corrected chi connectivity index (χ0v) is 14.6. The van der Waals surface area contributed by atoms with Gasteiger partial charge in [0, 0.05) is 12.1 Å². The number of carbonyl (C=O) groups excluding carboxylic acids is 1. The lowest BCUT2D eigenvalue weighted by Gasteiger charge is -2.07. The van der Waals surface area contributed by atoms with Gasteiger partial charge in [-0.3, -0.25) is 19.5 Å². The number of nitrogens with zero attached hydrogens (tertiary/aromatic N) is 2. The van der Waals surface area contributed by atoms with E-state index in [4.69, 9.17) is 27.9 Å². The Morgan fingerprint density at radius 2 is 2.00 bits per heavy atom. The van der Waals surface area contributed by atoms with Crippen molar-refractivity contribution in [1.82, 2.24) is 4.57 Å². The largest absolute Gasteiger partial charge is 0.425 e. The first-order valence-electron chi connectivity index (χ1n) is 6.79. The highest BCUT2D eigenvalue weighted by molar-refractivity contribution is 7.16. The molecule has 0 bridgehead atoms. The molecule has 0 saturated heterocycles. The molecule has 3 rings (SSSR count). The Kier molecular flexibility index (Phi) is 4.76. The molecule has 0 amide bonds. The molecule has 0 N–H and O–H groups in total. The number of rotatable bonds is 4. The number of nitro benzene ring substituents is 1. The Balaban J connectivity index is 1.84. The minimum atomic E-state index is -0.730. The average Bonchev–Trinajstić information content (AvgIpc) is 2.84. The predicted molar refractivity (Wildman–Crippen MR) is 94.8 cm³/mol. The van der Waals surface area contributed by atoms with E-state index in [1.54, 1.807) is 18.2 Å². The zero-order valence-electron chi connectivity index (χ0n) is 12.3. The van der Waals surface area contributed by atoms with E-state index < -0.39 is 10.9 Å². The average molecular weight is 399 g/mol. The van der Waals surface area contributed by atoms with Gasteiger partial charge in [-0.2, -0.15) is 0 Å². The normalized spacial score (nSPS) is 10.8. The van der Waals surface area contributed by atoms with Crippen LogP contribution in [0, 0.1) is 10.1 Å². The summed E-state index contributed by atoms with van der Waals surface area (Å²) in [6, 6.07) is 8.61.